The normalized spacial score (nSPS) is 12.5. The number of aryl methyl sites for hydroxylation is 2. The van der Waals surface area contributed by atoms with Gasteiger partial charge in [-0.1, -0.05) is 48.7 Å². The summed E-state index contributed by atoms with van der Waals surface area (Å²) in [6.45, 7) is 11.3. The number of hydrogen-bond donors (Lipinski definition) is 0. The molecule has 2 aromatic carbocycles. The molecule has 4 heteroatoms. The molecule has 0 amide bonds. The standard InChI is InChI=1S/C22H32OP3/c1-8-9-12-26(7)22-17(23-4)11-10-16(3)20(22)21-18(24-5)13-15(2)14-19(21)25-6/h10-11,13-14,24-25H,7-9,12H2,1-6H3/q+1. The van der Waals surface area contributed by atoms with E-state index in [4.69, 9.17) is 4.74 Å². The van der Waals surface area contributed by atoms with Crippen LogP contribution in [-0.2, 0) is 0 Å². The summed E-state index contributed by atoms with van der Waals surface area (Å²) in [7, 11) is 2.88. The van der Waals surface area contributed by atoms with Gasteiger partial charge >= 0.3 is 0 Å². The molecule has 2 aromatic rings. The van der Waals surface area contributed by atoms with E-state index in [9.17, 15) is 0 Å². The average Bonchev–Trinajstić information content (AvgIpc) is 2.65. The van der Waals surface area contributed by atoms with Gasteiger partial charge in [0.2, 0.25) is 0 Å². The Hall–Kier alpha value is -0.730. The minimum absolute atomic E-state index is 0.480. The zero-order valence-electron chi connectivity index (χ0n) is 17.0. The van der Waals surface area contributed by atoms with E-state index in [0.717, 1.165) is 29.1 Å². The summed E-state index contributed by atoms with van der Waals surface area (Å²) in [5.74, 6) is 1.01. The summed E-state index contributed by atoms with van der Waals surface area (Å²) in [5, 5.41) is 4.32. The largest absolute Gasteiger partial charge is 0.492 e. The lowest BCUT2D eigenvalue weighted by Gasteiger charge is -2.19. The van der Waals surface area contributed by atoms with Crippen LogP contribution in [0.5, 0.6) is 5.75 Å². The van der Waals surface area contributed by atoms with Crippen LogP contribution in [0.4, 0.5) is 0 Å². The number of hydrogen-bond acceptors (Lipinski definition) is 1. The van der Waals surface area contributed by atoms with Gasteiger partial charge in [-0.05, 0) is 61.4 Å². The molecule has 3 unspecified atom stereocenters. The van der Waals surface area contributed by atoms with Gasteiger partial charge in [0.25, 0.3) is 0 Å². The van der Waals surface area contributed by atoms with Crippen LogP contribution in [0.25, 0.3) is 11.1 Å². The quantitative estimate of drug-likeness (QED) is 0.550. The van der Waals surface area contributed by atoms with Crippen LogP contribution in [0.1, 0.15) is 30.9 Å². The maximum atomic E-state index is 5.82. The van der Waals surface area contributed by atoms with Crippen molar-refractivity contribution in [3.05, 3.63) is 35.4 Å². The van der Waals surface area contributed by atoms with Gasteiger partial charge in [-0.3, -0.25) is 0 Å². The van der Waals surface area contributed by atoms with Crippen LogP contribution >= 0.6 is 24.7 Å². The molecular formula is C22H32OP3+. The second-order valence-corrected chi connectivity index (χ2v) is 10.7. The van der Waals surface area contributed by atoms with Crippen molar-refractivity contribution in [2.24, 2.45) is 0 Å². The fourth-order valence-corrected chi connectivity index (χ4v) is 7.27. The summed E-state index contributed by atoms with van der Waals surface area (Å²) in [6, 6.07) is 9.09. The van der Waals surface area contributed by atoms with Gasteiger partial charge in [0, 0.05) is 11.1 Å². The molecule has 1 nitrogen and oxygen atoms in total. The first-order valence-electron chi connectivity index (χ1n) is 9.24. The van der Waals surface area contributed by atoms with E-state index in [1.807, 2.05) is 0 Å². The zero-order chi connectivity index (χ0) is 19.3. The molecule has 3 atom stereocenters. The third-order valence-corrected chi connectivity index (χ3v) is 8.54. The first-order chi connectivity index (χ1) is 12.5. The van der Waals surface area contributed by atoms with E-state index in [2.05, 4.69) is 64.7 Å². The van der Waals surface area contributed by atoms with E-state index in [-0.39, 0.29) is 0 Å². The van der Waals surface area contributed by atoms with Gasteiger partial charge in [-0.15, -0.1) is 0 Å². The van der Waals surface area contributed by atoms with E-state index in [1.54, 1.807) is 7.11 Å². The molecule has 0 saturated heterocycles. The SMILES string of the molecule is C=[P+](CCCC)c1c(OC)ccc(C)c1-c1c(PC)cc(C)cc1PC. The second kappa shape index (κ2) is 9.99. The van der Waals surface area contributed by atoms with Crippen molar-refractivity contribution < 1.29 is 4.74 Å². The average molecular weight is 405 g/mol. The Kier molecular flexibility index (Phi) is 8.29. The lowest BCUT2D eigenvalue weighted by Crippen LogP contribution is -2.19. The van der Waals surface area contributed by atoms with Crippen molar-refractivity contribution in [3.63, 3.8) is 0 Å². The maximum absolute atomic E-state index is 5.82. The summed E-state index contributed by atoms with van der Waals surface area (Å²) in [4.78, 5) is 0. The minimum Gasteiger partial charge on any atom is -0.492 e. The molecule has 0 aliphatic heterocycles. The molecule has 2 rings (SSSR count). The molecule has 0 aliphatic carbocycles. The van der Waals surface area contributed by atoms with E-state index in [0.29, 0.717) is 0 Å². The predicted octanol–water partition coefficient (Wildman–Crippen LogP) is 5.19. The molecule has 0 aromatic heterocycles. The molecule has 0 saturated carbocycles. The fraction of sp³-hybridized carbons (Fsp3) is 0.409. The number of ether oxygens (including phenoxy) is 1. The highest BCUT2D eigenvalue weighted by molar-refractivity contribution is 7.64. The molecule has 0 aliphatic rings. The Morgan fingerprint density at radius 2 is 1.65 bits per heavy atom. The third-order valence-electron chi connectivity index (χ3n) is 4.74. The van der Waals surface area contributed by atoms with Crippen molar-refractivity contribution in [1.29, 1.82) is 0 Å². The van der Waals surface area contributed by atoms with Gasteiger partial charge in [-0.25, -0.2) is 0 Å². The molecule has 26 heavy (non-hydrogen) atoms. The highest BCUT2D eigenvalue weighted by Gasteiger charge is 2.27. The summed E-state index contributed by atoms with van der Waals surface area (Å²) in [5.41, 5.74) is 5.57. The van der Waals surface area contributed by atoms with Crippen molar-refractivity contribution >= 4 is 46.9 Å². The smallest absolute Gasteiger partial charge is 0.197 e. The fourth-order valence-electron chi connectivity index (χ4n) is 3.38. The number of rotatable bonds is 8. The first kappa shape index (κ1) is 21.6. The van der Waals surface area contributed by atoms with Crippen LogP contribution < -0.4 is 20.7 Å². The van der Waals surface area contributed by atoms with Crippen molar-refractivity contribution in [1.82, 2.24) is 0 Å². The molecule has 0 bridgehead atoms. The Labute approximate surface area is 164 Å². The molecule has 0 N–H and O–H groups in total. The van der Waals surface area contributed by atoms with Crippen LogP contribution in [-0.4, -0.2) is 32.9 Å². The van der Waals surface area contributed by atoms with Crippen LogP contribution in [0.2, 0.25) is 0 Å². The first-order valence-corrected chi connectivity index (χ1v) is 14.0. The van der Waals surface area contributed by atoms with E-state index < -0.39 is 7.55 Å². The Morgan fingerprint density at radius 3 is 2.15 bits per heavy atom. The van der Waals surface area contributed by atoms with Gasteiger partial charge in [0.05, 0.1) is 13.4 Å². The molecule has 0 heterocycles. The van der Waals surface area contributed by atoms with Gasteiger partial charge < -0.3 is 4.74 Å². The highest BCUT2D eigenvalue weighted by atomic mass is 31.1. The predicted molar refractivity (Wildman–Crippen MR) is 129 cm³/mol. The summed E-state index contributed by atoms with van der Waals surface area (Å²) in [6.07, 6.45) is 8.20. The molecular weight excluding hydrogens is 373 g/mol. The Bertz CT molecular complexity index is 771. The lowest BCUT2D eigenvalue weighted by atomic mass is 9.98. The maximum Gasteiger partial charge on any atom is 0.197 e. The molecule has 140 valence electrons. The third kappa shape index (κ3) is 4.57. The summed E-state index contributed by atoms with van der Waals surface area (Å²) < 4.78 is 5.82. The van der Waals surface area contributed by atoms with E-state index in [1.165, 1.54) is 51.0 Å². The molecule has 0 radical (unpaired) electrons. The Balaban J connectivity index is 2.83. The lowest BCUT2D eigenvalue weighted by molar-refractivity contribution is 0.418. The second-order valence-electron chi connectivity index (χ2n) is 6.66. The van der Waals surface area contributed by atoms with E-state index >= 15 is 0 Å². The molecule has 0 spiro atoms. The topological polar surface area (TPSA) is 9.23 Å². The molecule has 0 fully saturated rings. The van der Waals surface area contributed by atoms with Gasteiger partial charge in [-0.2, -0.15) is 0 Å². The van der Waals surface area contributed by atoms with Crippen molar-refractivity contribution in [2.75, 3.05) is 26.6 Å². The number of unbranched alkanes of at least 4 members (excludes halogenated alkanes) is 1. The highest BCUT2D eigenvalue weighted by Crippen LogP contribution is 2.37. The number of benzene rings is 2. The van der Waals surface area contributed by atoms with Gasteiger partial charge in [0.15, 0.2) is 11.1 Å². The van der Waals surface area contributed by atoms with Crippen molar-refractivity contribution in [3.8, 4) is 16.9 Å². The van der Waals surface area contributed by atoms with Crippen molar-refractivity contribution in [2.45, 2.75) is 33.6 Å². The zero-order valence-corrected chi connectivity index (χ0v) is 19.9. The van der Waals surface area contributed by atoms with Gasteiger partial charge in [0.1, 0.15) is 13.7 Å². The van der Waals surface area contributed by atoms with Crippen LogP contribution in [0, 0.1) is 13.8 Å². The van der Waals surface area contributed by atoms with Crippen LogP contribution in [0.15, 0.2) is 24.3 Å². The summed E-state index contributed by atoms with van der Waals surface area (Å²) >= 11 is 0. The number of methoxy groups -OCH3 is 1. The Morgan fingerprint density at radius 1 is 1.04 bits per heavy atom. The monoisotopic (exact) mass is 405 g/mol. The minimum atomic E-state index is -0.480. The van der Waals surface area contributed by atoms with Crippen LogP contribution in [0.3, 0.4) is 0 Å².